The number of hydrogen-bond acceptors (Lipinski definition) is 5. The molecule has 2 rings (SSSR count). The number of amides is 4. The van der Waals surface area contributed by atoms with E-state index in [4.69, 9.17) is 10.5 Å². The summed E-state index contributed by atoms with van der Waals surface area (Å²) in [6.07, 6.45) is 4.59. The number of rotatable bonds is 16. The summed E-state index contributed by atoms with van der Waals surface area (Å²) >= 11 is 0. The summed E-state index contributed by atoms with van der Waals surface area (Å²) in [7, 11) is 0. The number of benzene rings is 2. The van der Waals surface area contributed by atoms with E-state index in [0.717, 1.165) is 48.8 Å². The molecule has 4 amide bonds. The maximum atomic E-state index is 14.3. The van der Waals surface area contributed by atoms with E-state index < -0.39 is 42.0 Å². The lowest BCUT2D eigenvalue weighted by Crippen LogP contribution is -2.54. The number of carbonyl (C=O) groups excluding carboxylic acids is 4. The van der Waals surface area contributed by atoms with Crippen molar-refractivity contribution in [2.45, 2.75) is 111 Å². The van der Waals surface area contributed by atoms with E-state index >= 15 is 0 Å². The van der Waals surface area contributed by atoms with Crippen molar-refractivity contribution in [3.63, 3.8) is 0 Å². The third-order valence-corrected chi connectivity index (χ3v) is 7.15. The second-order valence-electron chi connectivity index (χ2n) is 12.1. The molecule has 9 nitrogen and oxygen atoms in total. The first-order valence-corrected chi connectivity index (χ1v) is 15.3. The molecule has 0 aliphatic heterocycles. The molecule has 0 radical (unpaired) electrons. The lowest BCUT2D eigenvalue weighted by Gasteiger charge is -2.34. The first kappa shape index (κ1) is 35.3. The van der Waals surface area contributed by atoms with Gasteiger partial charge in [-0.2, -0.15) is 0 Å². The average molecular weight is 595 g/mol. The smallest absolute Gasteiger partial charge is 0.408 e. The van der Waals surface area contributed by atoms with Crippen LogP contribution in [0.15, 0.2) is 48.5 Å². The quantitative estimate of drug-likeness (QED) is 0.217. The number of carbonyl (C=O) groups is 4. The fourth-order valence-electron chi connectivity index (χ4n) is 4.77. The molecule has 9 heteroatoms. The van der Waals surface area contributed by atoms with Crippen molar-refractivity contribution in [3.8, 4) is 0 Å². The van der Waals surface area contributed by atoms with Gasteiger partial charge in [0.15, 0.2) is 0 Å². The van der Waals surface area contributed by atoms with Crippen molar-refractivity contribution in [1.82, 2.24) is 15.5 Å². The standard InChI is InChI=1S/C34H50N4O5/c1-7-8-9-10-11-15-20-38(32(41)28(22-29(35)39)37-33(42)43-34(4,5)6)30(27-19-18-24(2)25(3)21-27)31(40)36-23-26-16-13-12-14-17-26/h12-14,16-19,21,28,30H,7-11,15,20,22-23H2,1-6H3,(H2,35,39)(H,36,40)(H,37,42). The number of ether oxygens (including phenoxy) is 1. The van der Waals surface area contributed by atoms with Crippen LogP contribution < -0.4 is 16.4 Å². The van der Waals surface area contributed by atoms with E-state index in [1.165, 1.54) is 4.90 Å². The summed E-state index contributed by atoms with van der Waals surface area (Å²) in [6, 6.07) is 12.9. The van der Waals surface area contributed by atoms with Crippen LogP contribution in [0, 0.1) is 13.8 Å². The molecule has 0 aliphatic rings. The van der Waals surface area contributed by atoms with Crippen molar-refractivity contribution >= 4 is 23.8 Å². The molecule has 0 heterocycles. The van der Waals surface area contributed by atoms with Gasteiger partial charge in [0.25, 0.3) is 0 Å². The Labute approximate surface area is 256 Å². The molecule has 4 N–H and O–H groups in total. The predicted molar refractivity (Wildman–Crippen MR) is 169 cm³/mol. The van der Waals surface area contributed by atoms with Gasteiger partial charge in [-0.15, -0.1) is 0 Å². The summed E-state index contributed by atoms with van der Waals surface area (Å²) in [5.41, 5.74) is 8.29. The number of nitrogens with one attached hydrogen (secondary N) is 2. The van der Waals surface area contributed by atoms with Crippen LogP contribution in [0.4, 0.5) is 4.79 Å². The van der Waals surface area contributed by atoms with E-state index in [1.54, 1.807) is 20.8 Å². The van der Waals surface area contributed by atoms with Crippen LogP contribution in [-0.2, 0) is 25.7 Å². The van der Waals surface area contributed by atoms with Crippen LogP contribution in [0.5, 0.6) is 0 Å². The van der Waals surface area contributed by atoms with Crippen LogP contribution >= 0.6 is 0 Å². The number of unbranched alkanes of at least 4 members (excludes halogenated alkanes) is 5. The number of hydrogen-bond donors (Lipinski definition) is 3. The third kappa shape index (κ3) is 12.5. The summed E-state index contributed by atoms with van der Waals surface area (Å²) in [5.74, 6) is -1.69. The Hall–Kier alpha value is -3.88. The van der Waals surface area contributed by atoms with Crippen molar-refractivity contribution in [2.24, 2.45) is 5.73 Å². The Balaban J connectivity index is 2.49. The molecule has 0 saturated carbocycles. The van der Waals surface area contributed by atoms with Gasteiger partial charge in [0, 0.05) is 13.1 Å². The van der Waals surface area contributed by atoms with Crippen LogP contribution in [0.1, 0.15) is 101 Å². The minimum Gasteiger partial charge on any atom is -0.444 e. The average Bonchev–Trinajstić information content (AvgIpc) is 2.93. The molecule has 43 heavy (non-hydrogen) atoms. The molecular weight excluding hydrogens is 544 g/mol. The van der Waals surface area contributed by atoms with Crippen LogP contribution in [-0.4, -0.2) is 46.9 Å². The zero-order chi connectivity index (χ0) is 32.0. The molecule has 236 valence electrons. The number of nitrogens with two attached hydrogens (primary N) is 1. The van der Waals surface area contributed by atoms with E-state index in [0.29, 0.717) is 12.0 Å². The summed E-state index contributed by atoms with van der Waals surface area (Å²) in [5, 5.41) is 5.54. The van der Waals surface area contributed by atoms with Crippen LogP contribution in [0.25, 0.3) is 0 Å². The first-order chi connectivity index (χ1) is 20.3. The van der Waals surface area contributed by atoms with Crippen LogP contribution in [0.2, 0.25) is 0 Å². The van der Waals surface area contributed by atoms with Gasteiger partial charge in [-0.05, 0) is 63.3 Å². The molecule has 0 spiro atoms. The highest BCUT2D eigenvalue weighted by molar-refractivity contribution is 5.94. The normalized spacial score (nSPS) is 12.6. The SMILES string of the molecule is CCCCCCCCN(C(=O)C(CC(N)=O)NC(=O)OC(C)(C)C)C(C(=O)NCc1ccccc1)c1ccc(C)c(C)c1. The van der Waals surface area contributed by atoms with Gasteiger partial charge in [0.2, 0.25) is 17.7 Å². The van der Waals surface area contributed by atoms with Crippen molar-refractivity contribution in [3.05, 3.63) is 70.8 Å². The highest BCUT2D eigenvalue weighted by atomic mass is 16.6. The van der Waals surface area contributed by atoms with Crippen LogP contribution in [0.3, 0.4) is 0 Å². The molecule has 0 saturated heterocycles. The number of primary amides is 1. The molecule has 0 aliphatic carbocycles. The maximum Gasteiger partial charge on any atom is 0.408 e. The summed E-state index contributed by atoms with van der Waals surface area (Å²) < 4.78 is 5.37. The Morgan fingerprint density at radius 3 is 2.16 bits per heavy atom. The van der Waals surface area contributed by atoms with Gasteiger partial charge in [-0.1, -0.05) is 87.6 Å². The molecule has 2 aromatic carbocycles. The van der Waals surface area contributed by atoms with Gasteiger partial charge in [-0.3, -0.25) is 14.4 Å². The fourth-order valence-corrected chi connectivity index (χ4v) is 4.77. The highest BCUT2D eigenvalue weighted by Gasteiger charge is 2.37. The van der Waals surface area contributed by atoms with E-state index in [1.807, 2.05) is 62.4 Å². The summed E-state index contributed by atoms with van der Waals surface area (Å²) in [4.78, 5) is 54.5. The lowest BCUT2D eigenvalue weighted by atomic mass is 9.97. The number of nitrogens with zero attached hydrogens (tertiary/aromatic N) is 1. The largest absolute Gasteiger partial charge is 0.444 e. The van der Waals surface area contributed by atoms with E-state index in [-0.39, 0.29) is 19.0 Å². The summed E-state index contributed by atoms with van der Waals surface area (Å²) in [6.45, 7) is 11.7. The minimum atomic E-state index is -1.30. The molecule has 0 aromatic heterocycles. The van der Waals surface area contributed by atoms with Crippen molar-refractivity contribution in [2.75, 3.05) is 6.54 Å². The van der Waals surface area contributed by atoms with Gasteiger partial charge in [0.1, 0.15) is 17.7 Å². The number of aryl methyl sites for hydroxylation is 2. The van der Waals surface area contributed by atoms with Gasteiger partial charge in [0.05, 0.1) is 6.42 Å². The first-order valence-electron chi connectivity index (χ1n) is 15.3. The van der Waals surface area contributed by atoms with E-state index in [2.05, 4.69) is 17.6 Å². The second kappa shape index (κ2) is 17.3. The van der Waals surface area contributed by atoms with Crippen molar-refractivity contribution < 1.29 is 23.9 Å². The molecule has 2 unspecified atom stereocenters. The molecule has 2 atom stereocenters. The predicted octanol–water partition coefficient (Wildman–Crippen LogP) is 5.62. The van der Waals surface area contributed by atoms with E-state index in [9.17, 15) is 19.2 Å². The van der Waals surface area contributed by atoms with Crippen molar-refractivity contribution in [1.29, 1.82) is 0 Å². The topological polar surface area (TPSA) is 131 Å². The van der Waals surface area contributed by atoms with Gasteiger partial charge in [-0.25, -0.2) is 4.79 Å². The van der Waals surface area contributed by atoms with Gasteiger partial charge < -0.3 is 26.0 Å². The Kier molecular flexibility index (Phi) is 14.2. The molecule has 2 aromatic rings. The third-order valence-electron chi connectivity index (χ3n) is 7.15. The Morgan fingerprint density at radius 1 is 0.907 bits per heavy atom. The Bertz CT molecular complexity index is 1210. The Morgan fingerprint density at radius 2 is 1.56 bits per heavy atom. The zero-order valence-corrected chi connectivity index (χ0v) is 26.7. The monoisotopic (exact) mass is 594 g/mol. The minimum absolute atomic E-state index is 0.257. The molecule has 0 bridgehead atoms. The molecular formula is C34H50N4O5. The fraction of sp³-hybridized carbons (Fsp3) is 0.529. The second-order valence-corrected chi connectivity index (χ2v) is 12.1. The highest BCUT2D eigenvalue weighted by Crippen LogP contribution is 2.26. The maximum absolute atomic E-state index is 14.3. The van der Waals surface area contributed by atoms with Gasteiger partial charge >= 0.3 is 6.09 Å². The lowest BCUT2D eigenvalue weighted by molar-refractivity contribution is -0.143. The number of alkyl carbamates (subject to hydrolysis) is 1. The molecule has 0 fully saturated rings. The zero-order valence-electron chi connectivity index (χ0n) is 26.7.